The summed E-state index contributed by atoms with van der Waals surface area (Å²) >= 11 is 2.03. The van der Waals surface area contributed by atoms with Gasteiger partial charge in [-0.25, -0.2) is 0 Å². The van der Waals surface area contributed by atoms with Gasteiger partial charge in [-0.3, -0.25) is 0 Å². The Kier molecular flexibility index (Phi) is 6.95. The molecule has 1 aromatic rings. The largest absolute Gasteiger partial charge is 0.310 e. The number of hydrogen-bond acceptors (Lipinski definition) is 2. The van der Waals surface area contributed by atoms with Crippen molar-refractivity contribution in [2.75, 3.05) is 5.75 Å². The third-order valence-corrected chi connectivity index (χ3v) is 5.37. The fourth-order valence-electron chi connectivity index (χ4n) is 2.37. The summed E-state index contributed by atoms with van der Waals surface area (Å²) in [6.07, 6.45) is 8.14. The summed E-state index contributed by atoms with van der Waals surface area (Å²) in [5, 5.41) is 3.57. The maximum Gasteiger partial charge on any atom is 0.0208 e. The maximum absolute atomic E-state index is 3.57. The lowest BCUT2D eigenvalue weighted by Crippen LogP contribution is -2.15. The Balaban J connectivity index is 1.71. The summed E-state index contributed by atoms with van der Waals surface area (Å²) in [6.45, 7) is 5.64. The Hall–Kier alpha value is -0.470. The number of thioether (sulfide) groups is 1. The SMILES string of the molecule is CCCCC(CC)CSc1ccc(CNC2CC2)cc1. The Bertz CT molecular complexity index is 370. The highest BCUT2D eigenvalue weighted by Crippen LogP contribution is 2.25. The first-order chi connectivity index (χ1) is 9.81. The first-order valence-electron chi connectivity index (χ1n) is 8.27. The van der Waals surface area contributed by atoms with Crippen molar-refractivity contribution in [3.8, 4) is 0 Å². The van der Waals surface area contributed by atoms with Crippen LogP contribution in [0.4, 0.5) is 0 Å². The van der Waals surface area contributed by atoms with E-state index < -0.39 is 0 Å². The molecule has 0 bridgehead atoms. The molecule has 0 spiro atoms. The summed E-state index contributed by atoms with van der Waals surface area (Å²) in [6, 6.07) is 9.95. The van der Waals surface area contributed by atoms with Crippen LogP contribution in [-0.4, -0.2) is 11.8 Å². The topological polar surface area (TPSA) is 12.0 Å². The normalized spacial score (nSPS) is 16.3. The number of benzene rings is 1. The van der Waals surface area contributed by atoms with Gasteiger partial charge < -0.3 is 5.32 Å². The lowest BCUT2D eigenvalue weighted by Gasteiger charge is -2.14. The lowest BCUT2D eigenvalue weighted by molar-refractivity contribution is 0.499. The number of rotatable bonds is 10. The molecule has 0 saturated heterocycles. The summed E-state index contributed by atoms with van der Waals surface area (Å²) in [5.41, 5.74) is 1.42. The first kappa shape index (κ1) is 15.9. The minimum atomic E-state index is 0.799. The molecule has 1 atom stereocenters. The monoisotopic (exact) mass is 291 g/mol. The molecule has 1 nitrogen and oxygen atoms in total. The third-order valence-electron chi connectivity index (χ3n) is 4.12. The van der Waals surface area contributed by atoms with Gasteiger partial charge in [-0.15, -0.1) is 11.8 Å². The molecule has 0 aromatic heterocycles. The zero-order valence-electron chi connectivity index (χ0n) is 13.0. The molecule has 1 aromatic carbocycles. The van der Waals surface area contributed by atoms with Gasteiger partial charge in [-0.1, -0.05) is 45.2 Å². The molecule has 1 saturated carbocycles. The van der Waals surface area contributed by atoms with Gasteiger partial charge in [0.2, 0.25) is 0 Å². The van der Waals surface area contributed by atoms with Gasteiger partial charge in [-0.2, -0.15) is 0 Å². The summed E-state index contributed by atoms with van der Waals surface area (Å²) in [5.74, 6) is 2.16. The van der Waals surface area contributed by atoms with Crippen LogP contribution in [0, 0.1) is 5.92 Å². The van der Waals surface area contributed by atoms with E-state index >= 15 is 0 Å². The summed E-state index contributed by atoms with van der Waals surface area (Å²) in [7, 11) is 0. The second-order valence-electron chi connectivity index (χ2n) is 6.03. The van der Waals surface area contributed by atoms with E-state index in [1.54, 1.807) is 0 Å². The van der Waals surface area contributed by atoms with Crippen LogP contribution >= 0.6 is 11.8 Å². The molecular weight excluding hydrogens is 262 g/mol. The van der Waals surface area contributed by atoms with Crippen molar-refractivity contribution in [3.05, 3.63) is 29.8 Å². The van der Waals surface area contributed by atoms with Crippen LogP contribution in [0.5, 0.6) is 0 Å². The van der Waals surface area contributed by atoms with E-state index in [2.05, 4.69) is 43.4 Å². The van der Waals surface area contributed by atoms with Gasteiger partial charge in [0.15, 0.2) is 0 Å². The van der Waals surface area contributed by atoms with Crippen molar-refractivity contribution >= 4 is 11.8 Å². The first-order valence-corrected chi connectivity index (χ1v) is 9.25. The second-order valence-corrected chi connectivity index (χ2v) is 7.12. The fourth-order valence-corrected chi connectivity index (χ4v) is 3.52. The number of unbranched alkanes of at least 4 members (excludes halogenated alkanes) is 1. The van der Waals surface area contributed by atoms with E-state index in [-0.39, 0.29) is 0 Å². The van der Waals surface area contributed by atoms with Gasteiger partial charge in [0.05, 0.1) is 0 Å². The smallest absolute Gasteiger partial charge is 0.0208 e. The van der Waals surface area contributed by atoms with Crippen molar-refractivity contribution in [2.24, 2.45) is 5.92 Å². The molecule has 20 heavy (non-hydrogen) atoms. The van der Waals surface area contributed by atoms with Crippen LogP contribution in [0.1, 0.15) is 57.9 Å². The van der Waals surface area contributed by atoms with Crippen molar-refractivity contribution in [3.63, 3.8) is 0 Å². The summed E-state index contributed by atoms with van der Waals surface area (Å²) < 4.78 is 0. The zero-order chi connectivity index (χ0) is 14.2. The highest BCUT2D eigenvalue weighted by atomic mass is 32.2. The molecule has 1 aliphatic rings. The van der Waals surface area contributed by atoms with E-state index in [0.29, 0.717) is 0 Å². The Morgan fingerprint density at radius 1 is 1.20 bits per heavy atom. The van der Waals surface area contributed by atoms with Gasteiger partial charge in [0.1, 0.15) is 0 Å². The number of nitrogens with one attached hydrogen (secondary N) is 1. The molecule has 0 amide bonds. The number of hydrogen-bond donors (Lipinski definition) is 1. The van der Waals surface area contributed by atoms with Gasteiger partial charge >= 0.3 is 0 Å². The van der Waals surface area contributed by atoms with Crippen molar-refractivity contribution in [2.45, 2.75) is 69.9 Å². The van der Waals surface area contributed by atoms with Crippen LogP contribution in [0.2, 0.25) is 0 Å². The Labute approximate surface area is 128 Å². The Morgan fingerprint density at radius 3 is 2.55 bits per heavy atom. The molecule has 2 rings (SSSR count). The van der Waals surface area contributed by atoms with Crippen molar-refractivity contribution < 1.29 is 0 Å². The molecule has 2 heteroatoms. The van der Waals surface area contributed by atoms with Crippen molar-refractivity contribution in [1.82, 2.24) is 5.32 Å². The predicted octanol–water partition coefficient (Wildman–Crippen LogP) is 5.25. The molecule has 1 fully saturated rings. The average Bonchev–Trinajstić information content (AvgIpc) is 3.31. The maximum atomic E-state index is 3.57. The lowest BCUT2D eigenvalue weighted by atomic mass is 10.0. The van der Waals surface area contributed by atoms with Gasteiger partial charge in [0.25, 0.3) is 0 Å². The van der Waals surface area contributed by atoms with Crippen LogP contribution < -0.4 is 5.32 Å². The third kappa shape index (κ3) is 5.88. The zero-order valence-corrected chi connectivity index (χ0v) is 13.8. The van der Waals surface area contributed by atoms with Crippen molar-refractivity contribution in [1.29, 1.82) is 0 Å². The standard InChI is InChI=1S/C18H29NS/c1-3-5-6-15(4-2)14-20-18-11-7-16(8-12-18)13-19-17-9-10-17/h7-8,11-12,15,17,19H,3-6,9-10,13-14H2,1-2H3. The second kappa shape index (κ2) is 8.74. The average molecular weight is 292 g/mol. The van der Waals surface area contributed by atoms with Crippen LogP contribution in [0.3, 0.4) is 0 Å². The highest BCUT2D eigenvalue weighted by molar-refractivity contribution is 7.99. The quantitative estimate of drug-likeness (QED) is 0.591. The van der Waals surface area contributed by atoms with Crippen LogP contribution in [0.15, 0.2) is 29.2 Å². The molecule has 0 heterocycles. The van der Waals surface area contributed by atoms with E-state index in [0.717, 1.165) is 18.5 Å². The molecule has 1 unspecified atom stereocenters. The highest BCUT2D eigenvalue weighted by Gasteiger charge is 2.19. The van der Waals surface area contributed by atoms with Crippen LogP contribution in [0.25, 0.3) is 0 Å². The van der Waals surface area contributed by atoms with E-state index in [9.17, 15) is 0 Å². The van der Waals surface area contributed by atoms with E-state index in [1.807, 2.05) is 11.8 Å². The van der Waals surface area contributed by atoms with Gasteiger partial charge in [-0.05, 0) is 42.9 Å². The predicted molar refractivity (Wildman–Crippen MR) is 90.3 cm³/mol. The fraction of sp³-hybridized carbons (Fsp3) is 0.667. The van der Waals surface area contributed by atoms with Crippen LogP contribution in [-0.2, 0) is 6.54 Å². The summed E-state index contributed by atoms with van der Waals surface area (Å²) in [4.78, 5) is 1.43. The molecule has 0 aliphatic heterocycles. The molecular formula is C18H29NS. The minimum absolute atomic E-state index is 0.799. The van der Waals surface area contributed by atoms with E-state index in [4.69, 9.17) is 0 Å². The minimum Gasteiger partial charge on any atom is -0.310 e. The molecule has 112 valence electrons. The Morgan fingerprint density at radius 2 is 1.95 bits per heavy atom. The molecule has 0 radical (unpaired) electrons. The van der Waals surface area contributed by atoms with Gasteiger partial charge in [0, 0.05) is 23.2 Å². The van der Waals surface area contributed by atoms with E-state index in [1.165, 1.54) is 54.7 Å². The molecule has 1 N–H and O–H groups in total. The molecule has 1 aliphatic carbocycles.